The Morgan fingerprint density at radius 3 is 2.25 bits per heavy atom. The topological polar surface area (TPSA) is 91.4 Å². The summed E-state index contributed by atoms with van der Waals surface area (Å²) in [6, 6.07) is 7.99. The maximum absolute atomic E-state index is 12.4. The smallest absolute Gasteiger partial charge is 0.243 e. The third kappa shape index (κ3) is 8.15. The quantitative estimate of drug-likeness (QED) is 0.502. The number of carbonyl (C=O) groups is 3. The summed E-state index contributed by atoms with van der Waals surface area (Å²) >= 11 is 1.63. The number of carbonyl (C=O) groups excluding carboxylic acids is 3. The lowest BCUT2D eigenvalue weighted by molar-refractivity contribution is -0.131. The van der Waals surface area contributed by atoms with Crippen molar-refractivity contribution < 1.29 is 14.4 Å². The summed E-state index contributed by atoms with van der Waals surface area (Å²) in [5.74, 6) is 0.140. The van der Waals surface area contributed by atoms with Gasteiger partial charge in [-0.15, -0.1) is 11.3 Å². The molecule has 2 heterocycles. The molecule has 0 saturated carbocycles. The summed E-state index contributed by atoms with van der Waals surface area (Å²) < 4.78 is 0. The van der Waals surface area contributed by atoms with Gasteiger partial charge >= 0.3 is 0 Å². The Labute approximate surface area is 220 Å². The van der Waals surface area contributed by atoms with Crippen LogP contribution in [0.15, 0.2) is 29.8 Å². The van der Waals surface area contributed by atoms with Crippen molar-refractivity contribution in [1.82, 2.24) is 20.5 Å². The van der Waals surface area contributed by atoms with E-state index >= 15 is 0 Å². The molecule has 0 radical (unpaired) electrons. The molecular weight excluding hydrogens is 472 g/mol. The minimum atomic E-state index is -0.330. The Hall–Kier alpha value is -2.74. The van der Waals surface area contributed by atoms with Crippen LogP contribution in [0.1, 0.15) is 78.6 Å². The molecule has 1 aliphatic heterocycles. The number of amides is 3. The average Bonchev–Trinajstić information content (AvgIpc) is 3.47. The van der Waals surface area contributed by atoms with Crippen molar-refractivity contribution in [1.29, 1.82) is 0 Å². The molecular formula is C28H42N4O3S. The fourth-order valence-corrected chi connectivity index (χ4v) is 4.50. The molecule has 3 rings (SSSR count). The van der Waals surface area contributed by atoms with Crippen molar-refractivity contribution in [2.45, 2.75) is 86.4 Å². The number of thiazole rings is 1. The van der Waals surface area contributed by atoms with Crippen LogP contribution in [0.25, 0.3) is 10.4 Å². The number of benzene rings is 1. The largest absolute Gasteiger partial charge is 0.353 e. The third-order valence-corrected chi connectivity index (χ3v) is 7.67. The van der Waals surface area contributed by atoms with Gasteiger partial charge in [-0.1, -0.05) is 58.9 Å². The van der Waals surface area contributed by atoms with E-state index in [2.05, 4.69) is 48.5 Å². The van der Waals surface area contributed by atoms with Crippen LogP contribution >= 0.6 is 11.3 Å². The van der Waals surface area contributed by atoms with Gasteiger partial charge in [0.15, 0.2) is 0 Å². The Morgan fingerprint density at radius 1 is 1.11 bits per heavy atom. The Kier molecular flexibility index (Phi) is 10.6. The highest BCUT2D eigenvalue weighted by molar-refractivity contribution is 7.13. The summed E-state index contributed by atoms with van der Waals surface area (Å²) in [5.41, 5.74) is 5.21. The summed E-state index contributed by atoms with van der Waals surface area (Å²) in [4.78, 5) is 41.7. The van der Waals surface area contributed by atoms with E-state index in [4.69, 9.17) is 0 Å². The van der Waals surface area contributed by atoms with Crippen LogP contribution in [0, 0.1) is 18.3 Å². The first-order valence-corrected chi connectivity index (χ1v) is 13.5. The highest BCUT2D eigenvalue weighted by atomic mass is 32.1. The summed E-state index contributed by atoms with van der Waals surface area (Å²) in [5, 5.41) is 6.00. The molecule has 1 fully saturated rings. The van der Waals surface area contributed by atoms with Gasteiger partial charge in [0, 0.05) is 18.5 Å². The summed E-state index contributed by atoms with van der Waals surface area (Å²) in [6.07, 6.45) is 2.39. The van der Waals surface area contributed by atoms with Gasteiger partial charge in [-0.2, -0.15) is 0 Å². The lowest BCUT2D eigenvalue weighted by atomic mass is 9.88. The predicted molar refractivity (Wildman–Crippen MR) is 147 cm³/mol. The summed E-state index contributed by atoms with van der Waals surface area (Å²) in [6.45, 7) is 16.9. The van der Waals surface area contributed by atoms with E-state index < -0.39 is 0 Å². The number of rotatable bonds is 7. The standard InChI is InChI=1S/C18H21N3O2S.C10H21NO/c1-12(20-18(23)16-4-3-9-21(16)11-22)14-5-7-15(8-6-14)17-13(2)19-10-24-17;1-7(2)9(12)11-8(3)10(4,5)6/h5-8,10-12,16H,3-4,9H2,1-2H3,(H,20,23);7-8H,1-6H3,(H,11,12). The van der Waals surface area contributed by atoms with Crippen molar-refractivity contribution in [2.75, 3.05) is 6.54 Å². The van der Waals surface area contributed by atoms with Crippen molar-refractivity contribution >= 4 is 29.6 Å². The van der Waals surface area contributed by atoms with Crippen LogP contribution in [0.3, 0.4) is 0 Å². The van der Waals surface area contributed by atoms with Gasteiger partial charge < -0.3 is 15.5 Å². The van der Waals surface area contributed by atoms with E-state index in [0.717, 1.165) is 36.1 Å². The minimum Gasteiger partial charge on any atom is -0.353 e. The highest BCUT2D eigenvalue weighted by Gasteiger charge is 2.30. The SMILES string of the molecule is CC(C)C(=O)NC(C)C(C)(C)C.Cc1ncsc1-c1ccc(C(C)NC(=O)C2CCCN2C=O)cc1. The van der Waals surface area contributed by atoms with Crippen LogP contribution in [0.5, 0.6) is 0 Å². The third-order valence-electron chi connectivity index (χ3n) is 6.69. The van der Waals surface area contributed by atoms with E-state index in [9.17, 15) is 14.4 Å². The first-order valence-electron chi connectivity index (χ1n) is 12.7. The molecule has 2 N–H and O–H groups in total. The normalized spacial score (nSPS) is 17.1. The molecule has 0 bridgehead atoms. The monoisotopic (exact) mass is 514 g/mol. The number of likely N-dealkylation sites (tertiary alicyclic amines) is 1. The Balaban J connectivity index is 0.000000324. The van der Waals surface area contributed by atoms with E-state index in [1.807, 2.05) is 52.3 Å². The Morgan fingerprint density at radius 2 is 1.75 bits per heavy atom. The molecule has 7 nitrogen and oxygen atoms in total. The van der Waals surface area contributed by atoms with Gasteiger partial charge in [0.05, 0.1) is 22.1 Å². The molecule has 1 saturated heterocycles. The maximum atomic E-state index is 12.4. The molecule has 3 amide bonds. The lowest BCUT2D eigenvalue weighted by Gasteiger charge is -2.28. The number of nitrogens with one attached hydrogen (secondary N) is 2. The molecule has 3 unspecified atom stereocenters. The molecule has 36 heavy (non-hydrogen) atoms. The zero-order valence-electron chi connectivity index (χ0n) is 22.9. The zero-order chi connectivity index (χ0) is 27.0. The van der Waals surface area contributed by atoms with Gasteiger partial charge in [-0.25, -0.2) is 4.98 Å². The van der Waals surface area contributed by atoms with E-state index in [1.165, 1.54) is 4.88 Å². The summed E-state index contributed by atoms with van der Waals surface area (Å²) in [7, 11) is 0. The second-order valence-corrected chi connectivity index (χ2v) is 11.7. The molecule has 0 spiro atoms. The van der Waals surface area contributed by atoms with E-state index in [0.29, 0.717) is 6.54 Å². The second-order valence-electron chi connectivity index (χ2n) is 10.9. The van der Waals surface area contributed by atoms with Crippen molar-refractivity contribution in [2.24, 2.45) is 11.3 Å². The molecule has 1 aromatic heterocycles. The molecule has 1 aromatic carbocycles. The number of hydrogen-bond donors (Lipinski definition) is 2. The molecule has 3 atom stereocenters. The maximum Gasteiger partial charge on any atom is 0.243 e. The van der Waals surface area contributed by atoms with Crippen LogP contribution in [0.4, 0.5) is 0 Å². The van der Waals surface area contributed by atoms with Crippen LogP contribution in [0.2, 0.25) is 0 Å². The second kappa shape index (κ2) is 13.0. The van der Waals surface area contributed by atoms with Gasteiger partial charge in [0.1, 0.15) is 6.04 Å². The zero-order valence-corrected chi connectivity index (χ0v) is 23.7. The molecule has 2 aromatic rings. The van der Waals surface area contributed by atoms with Crippen LogP contribution < -0.4 is 10.6 Å². The number of aryl methyl sites for hydroxylation is 1. The van der Waals surface area contributed by atoms with Gasteiger partial charge in [-0.05, 0) is 50.2 Å². The van der Waals surface area contributed by atoms with Crippen molar-refractivity contribution in [3.05, 3.63) is 41.0 Å². The van der Waals surface area contributed by atoms with Gasteiger partial charge in [-0.3, -0.25) is 14.4 Å². The minimum absolute atomic E-state index is 0.0746. The van der Waals surface area contributed by atoms with Crippen LogP contribution in [-0.2, 0) is 14.4 Å². The van der Waals surface area contributed by atoms with E-state index in [1.54, 1.807) is 16.2 Å². The molecule has 198 valence electrons. The molecule has 8 heteroatoms. The fraction of sp³-hybridized carbons (Fsp3) is 0.571. The Bertz CT molecular complexity index is 1010. The average molecular weight is 515 g/mol. The number of hydrogen-bond acceptors (Lipinski definition) is 5. The predicted octanol–water partition coefficient (Wildman–Crippen LogP) is 5.11. The number of nitrogens with zero attached hydrogens (tertiary/aromatic N) is 2. The first-order chi connectivity index (χ1) is 16.8. The van der Waals surface area contributed by atoms with E-state index in [-0.39, 0.29) is 41.3 Å². The highest BCUT2D eigenvalue weighted by Crippen LogP contribution is 2.28. The van der Waals surface area contributed by atoms with Gasteiger partial charge in [0.25, 0.3) is 0 Å². The van der Waals surface area contributed by atoms with Gasteiger partial charge in [0.2, 0.25) is 18.2 Å². The molecule has 0 aliphatic carbocycles. The fourth-order valence-electron chi connectivity index (χ4n) is 3.69. The van der Waals surface area contributed by atoms with Crippen LogP contribution in [-0.4, -0.2) is 46.7 Å². The molecule has 1 aliphatic rings. The first kappa shape index (κ1) is 29.5. The van der Waals surface area contributed by atoms with Crippen molar-refractivity contribution in [3.8, 4) is 10.4 Å². The lowest BCUT2D eigenvalue weighted by Crippen LogP contribution is -2.43. The van der Waals surface area contributed by atoms with Crippen molar-refractivity contribution in [3.63, 3.8) is 0 Å². The number of aromatic nitrogens is 1.